The summed E-state index contributed by atoms with van der Waals surface area (Å²) in [6, 6.07) is 4.09. The molecule has 2 aromatic heterocycles. The standard InChI is InChI=1S/C8H5BrS3/c9-5-1-3-11-7(5)8-6(10)2-4-12-8/h1-4,10H. The van der Waals surface area contributed by atoms with Gasteiger partial charge in [-0.15, -0.1) is 35.3 Å². The van der Waals surface area contributed by atoms with Crippen molar-refractivity contribution in [2.45, 2.75) is 4.90 Å². The minimum Gasteiger partial charge on any atom is -0.142 e. The molecule has 0 saturated carbocycles. The maximum absolute atomic E-state index is 4.38. The van der Waals surface area contributed by atoms with Crippen LogP contribution in [0.4, 0.5) is 0 Å². The van der Waals surface area contributed by atoms with Gasteiger partial charge in [0.1, 0.15) is 0 Å². The number of rotatable bonds is 1. The highest BCUT2D eigenvalue weighted by Gasteiger charge is 2.08. The van der Waals surface area contributed by atoms with Gasteiger partial charge < -0.3 is 0 Å². The number of thiol groups is 1. The van der Waals surface area contributed by atoms with Crippen LogP contribution in [0.5, 0.6) is 0 Å². The van der Waals surface area contributed by atoms with E-state index in [1.807, 2.05) is 6.07 Å². The highest BCUT2D eigenvalue weighted by atomic mass is 79.9. The molecule has 12 heavy (non-hydrogen) atoms. The van der Waals surface area contributed by atoms with Crippen LogP contribution < -0.4 is 0 Å². The molecular weight excluding hydrogens is 272 g/mol. The lowest BCUT2D eigenvalue weighted by molar-refractivity contribution is 1.60. The van der Waals surface area contributed by atoms with Crippen molar-refractivity contribution in [1.29, 1.82) is 0 Å². The monoisotopic (exact) mass is 276 g/mol. The van der Waals surface area contributed by atoms with Gasteiger partial charge in [0.05, 0.1) is 9.75 Å². The Morgan fingerprint density at radius 3 is 2.25 bits per heavy atom. The summed E-state index contributed by atoms with van der Waals surface area (Å²) in [5.74, 6) is 0. The fraction of sp³-hybridized carbons (Fsp3) is 0. The third kappa shape index (κ3) is 1.48. The second kappa shape index (κ2) is 3.54. The van der Waals surface area contributed by atoms with Crippen LogP contribution in [0.25, 0.3) is 9.75 Å². The molecule has 0 unspecified atom stereocenters. The van der Waals surface area contributed by atoms with Crippen LogP contribution >= 0.6 is 51.2 Å². The maximum atomic E-state index is 4.38. The van der Waals surface area contributed by atoms with Crippen molar-refractivity contribution in [2.24, 2.45) is 0 Å². The lowest BCUT2D eigenvalue weighted by Gasteiger charge is -1.94. The van der Waals surface area contributed by atoms with Crippen LogP contribution in [0, 0.1) is 0 Å². The first-order valence-electron chi connectivity index (χ1n) is 3.29. The highest BCUT2D eigenvalue weighted by Crippen LogP contribution is 2.39. The summed E-state index contributed by atoms with van der Waals surface area (Å²) in [6.45, 7) is 0. The Kier molecular flexibility index (Phi) is 2.60. The predicted octanol–water partition coefficient (Wildman–Crippen LogP) is 4.53. The fourth-order valence-corrected chi connectivity index (χ4v) is 4.14. The maximum Gasteiger partial charge on any atom is 0.0595 e. The van der Waals surface area contributed by atoms with Crippen LogP contribution in [0.3, 0.4) is 0 Å². The summed E-state index contributed by atoms with van der Waals surface area (Å²) in [5, 5.41) is 4.14. The van der Waals surface area contributed by atoms with Crippen molar-refractivity contribution < 1.29 is 0 Å². The van der Waals surface area contributed by atoms with Gasteiger partial charge in [0, 0.05) is 9.37 Å². The lowest BCUT2D eigenvalue weighted by Crippen LogP contribution is -1.65. The molecule has 0 bridgehead atoms. The molecule has 2 rings (SSSR count). The van der Waals surface area contributed by atoms with Gasteiger partial charge in [-0.05, 0) is 38.8 Å². The molecular formula is C8H5BrS3. The number of hydrogen-bond donors (Lipinski definition) is 1. The summed E-state index contributed by atoms with van der Waals surface area (Å²) in [6.07, 6.45) is 0. The van der Waals surface area contributed by atoms with E-state index in [-0.39, 0.29) is 0 Å². The van der Waals surface area contributed by atoms with E-state index in [1.54, 1.807) is 22.7 Å². The van der Waals surface area contributed by atoms with E-state index in [9.17, 15) is 0 Å². The van der Waals surface area contributed by atoms with E-state index in [1.165, 1.54) is 9.75 Å². The fourth-order valence-electron chi connectivity index (χ4n) is 0.928. The molecule has 0 aromatic carbocycles. The quantitative estimate of drug-likeness (QED) is 0.727. The first kappa shape index (κ1) is 8.81. The van der Waals surface area contributed by atoms with Crippen molar-refractivity contribution in [3.05, 3.63) is 27.4 Å². The minimum absolute atomic E-state index is 1.06. The van der Waals surface area contributed by atoms with Gasteiger partial charge in [0.2, 0.25) is 0 Å². The van der Waals surface area contributed by atoms with Gasteiger partial charge in [0.15, 0.2) is 0 Å². The SMILES string of the molecule is Sc1ccsc1-c1sccc1Br. The zero-order valence-electron chi connectivity index (χ0n) is 5.95. The molecule has 0 aliphatic heterocycles. The summed E-state index contributed by atoms with van der Waals surface area (Å²) in [7, 11) is 0. The zero-order chi connectivity index (χ0) is 8.55. The van der Waals surface area contributed by atoms with Crippen LogP contribution in [-0.4, -0.2) is 0 Å². The molecule has 4 heteroatoms. The van der Waals surface area contributed by atoms with Crippen molar-refractivity contribution in [3.63, 3.8) is 0 Å². The summed E-state index contributed by atoms with van der Waals surface area (Å²) >= 11 is 11.3. The summed E-state index contributed by atoms with van der Waals surface area (Å²) < 4.78 is 1.16. The first-order valence-corrected chi connectivity index (χ1v) is 6.29. The molecule has 0 spiro atoms. The Labute approximate surface area is 92.8 Å². The topological polar surface area (TPSA) is 0 Å². The Morgan fingerprint density at radius 1 is 1.08 bits per heavy atom. The molecule has 0 atom stereocenters. The van der Waals surface area contributed by atoms with E-state index in [0.717, 1.165) is 9.37 Å². The third-order valence-corrected chi connectivity index (χ3v) is 4.91. The molecule has 0 amide bonds. The van der Waals surface area contributed by atoms with Crippen LogP contribution in [0.2, 0.25) is 0 Å². The Bertz CT molecular complexity index is 350. The van der Waals surface area contributed by atoms with Gasteiger partial charge in [-0.25, -0.2) is 0 Å². The average molecular weight is 277 g/mol. The lowest BCUT2D eigenvalue weighted by atomic mass is 10.4. The molecule has 0 aliphatic rings. The molecule has 2 heterocycles. The molecule has 0 nitrogen and oxygen atoms in total. The predicted molar refractivity (Wildman–Crippen MR) is 62.6 cm³/mol. The molecule has 0 saturated heterocycles. The van der Waals surface area contributed by atoms with Crippen LogP contribution in [-0.2, 0) is 0 Å². The average Bonchev–Trinajstić information content (AvgIpc) is 2.59. The highest BCUT2D eigenvalue weighted by molar-refractivity contribution is 9.10. The van der Waals surface area contributed by atoms with E-state index in [2.05, 4.69) is 45.4 Å². The zero-order valence-corrected chi connectivity index (χ0v) is 10.1. The molecule has 0 N–H and O–H groups in total. The Balaban J connectivity index is 2.57. The number of thiophene rings is 2. The van der Waals surface area contributed by atoms with E-state index < -0.39 is 0 Å². The van der Waals surface area contributed by atoms with Gasteiger partial charge >= 0.3 is 0 Å². The van der Waals surface area contributed by atoms with E-state index in [0.29, 0.717) is 0 Å². The molecule has 0 aliphatic carbocycles. The van der Waals surface area contributed by atoms with Crippen LogP contribution in [0.1, 0.15) is 0 Å². The molecule has 0 radical (unpaired) electrons. The normalized spacial score (nSPS) is 10.5. The van der Waals surface area contributed by atoms with Gasteiger partial charge in [-0.1, -0.05) is 0 Å². The third-order valence-electron chi connectivity index (χ3n) is 1.47. The summed E-state index contributed by atoms with van der Waals surface area (Å²) in [4.78, 5) is 3.58. The minimum atomic E-state index is 1.06. The van der Waals surface area contributed by atoms with E-state index >= 15 is 0 Å². The van der Waals surface area contributed by atoms with Crippen molar-refractivity contribution in [1.82, 2.24) is 0 Å². The summed E-state index contributed by atoms with van der Waals surface area (Å²) in [5.41, 5.74) is 0. The van der Waals surface area contributed by atoms with Gasteiger partial charge in [0.25, 0.3) is 0 Å². The van der Waals surface area contributed by atoms with Gasteiger partial charge in [-0.3, -0.25) is 0 Å². The number of halogens is 1. The Hall–Kier alpha value is 0.230. The smallest absolute Gasteiger partial charge is 0.0595 e. The second-order valence-corrected chi connectivity index (χ2v) is 5.40. The van der Waals surface area contributed by atoms with Crippen molar-refractivity contribution >= 4 is 51.2 Å². The molecule has 2 aromatic rings. The second-order valence-electron chi connectivity index (χ2n) is 2.23. The van der Waals surface area contributed by atoms with Crippen LogP contribution in [0.15, 0.2) is 32.3 Å². The van der Waals surface area contributed by atoms with E-state index in [4.69, 9.17) is 0 Å². The largest absolute Gasteiger partial charge is 0.142 e. The molecule has 0 fully saturated rings. The Morgan fingerprint density at radius 2 is 1.75 bits per heavy atom. The molecule has 62 valence electrons. The van der Waals surface area contributed by atoms with Crippen molar-refractivity contribution in [2.75, 3.05) is 0 Å². The van der Waals surface area contributed by atoms with Crippen molar-refractivity contribution in [3.8, 4) is 9.75 Å². The van der Waals surface area contributed by atoms with Gasteiger partial charge in [-0.2, -0.15) is 0 Å². The first-order chi connectivity index (χ1) is 5.79. The number of hydrogen-bond acceptors (Lipinski definition) is 3.